The molecular formula is C14H17N3O2S. The van der Waals surface area contributed by atoms with Gasteiger partial charge < -0.3 is 5.73 Å². The zero-order valence-electron chi connectivity index (χ0n) is 11.4. The summed E-state index contributed by atoms with van der Waals surface area (Å²) in [5.41, 5.74) is 7.24. The summed E-state index contributed by atoms with van der Waals surface area (Å²) in [4.78, 5) is 3.76. The number of sulfonamides is 1. The molecule has 1 aromatic carbocycles. The van der Waals surface area contributed by atoms with E-state index in [0.29, 0.717) is 11.6 Å². The monoisotopic (exact) mass is 291 g/mol. The third-order valence-electron chi connectivity index (χ3n) is 2.92. The number of hydrogen-bond acceptors (Lipinski definition) is 4. The lowest BCUT2D eigenvalue weighted by molar-refractivity contribution is 0.601. The number of nitrogens with zero attached hydrogens (tertiary/aromatic N) is 1. The summed E-state index contributed by atoms with van der Waals surface area (Å²) < 4.78 is 26.9. The maximum Gasteiger partial charge on any atom is 0.265 e. The van der Waals surface area contributed by atoms with Crippen LogP contribution in [0.2, 0.25) is 0 Å². The standard InChI is InChI=1S/C14H17N3O2S/c1-10(2)11-5-7-12(8-6-11)17-20(18,19)13-4-3-9-16-14(13)15/h3-10,17H,1-2H3,(H2,15,16). The van der Waals surface area contributed by atoms with Gasteiger partial charge in [-0.05, 0) is 35.7 Å². The third-order valence-corrected chi connectivity index (χ3v) is 4.35. The summed E-state index contributed by atoms with van der Waals surface area (Å²) in [7, 11) is -3.71. The molecule has 2 rings (SSSR count). The number of aromatic nitrogens is 1. The summed E-state index contributed by atoms with van der Waals surface area (Å²) in [6.45, 7) is 4.16. The Balaban J connectivity index is 2.27. The fraction of sp³-hybridized carbons (Fsp3) is 0.214. The van der Waals surface area contributed by atoms with Crippen LogP contribution >= 0.6 is 0 Å². The highest BCUT2D eigenvalue weighted by atomic mass is 32.2. The molecule has 0 aliphatic rings. The fourth-order valence-electron chi connectivity index (χ4n) is 1.78. The number of nitrogens with two attached hydrogens (primary N) is 1. The van der Waals surface area contributed by atoms with E-state index in [0.717, 1.165) is 5.56 Å². The quantitative estimate of drug-likeness (QED) is 0.906. The Hall–Kier alpha value is -2.08. The van der Waals surface area contributed by atoms with Crippen LogP contribution in [0.25, 0.3) is 0 Å². The number of pyridine rings is 1. The molecule has 1 aromatic heterocycles. The van der Waals surface area contributed by atoms with Crippen LogP contribution in [0.5, 0.6) is 0 Å². The summed E-state index contributed by atoms with van der Waals surface area (Å²) in [5, 5.41) is 0. The van der Waals surface area contributed by atoms with Gasteiger partial charge >= 0.3 is 0 Å². The lowest BCUT2D eigenvalue weighted by Gasteiger charge is -2.11. The first kappa shape index (κ1) is 14.3. The Morgan fingerprint density at radius 3 is 2.35 bits per heavy atom. The number of benzene rings is 1. The van der Waals surface area contributed by atoms with E-state index in [1.165, 1.54) is 18.3 Å². The number of hydrogen-bond donors (Lipinski definition) is 2. The first-order valence-corrected chi connectivity index (χ1v) is 7.72. The molecule has 0 radical (unpaired) electrons. The minimum Gasteiger partial charge on any atom is -0.383 e. The second kappa shape index (κ2) is 5.50. The summed E-state index contributed by atoms with van der Waals surface area (Å²) in [5.74, 6) is 0.383. The molecule has 20 heavy (non-hydrogen) atoms. The van der Waals surface area contributed by atoms with Gasteiger partial charge in [-0.3, -0.25) is 4.72 Å². The topological polar surface area (TPSA) is 85.1 Å². The zero-order valence-corrected chi connectivity index (χ0v) is 12.2. The highest BCUT2D eigenvalue weighted by Gasteiger charge is 2.17. The molecule has 0 saturated heterocycles. The molecule has 0 spiro atoms. The highest BCUT2D eigenvalue weighted by molar-refractivity contribution is 7.92. The molecule has 0 aliphatic heterocycles. The van der Waals surface area contributed by atoms with E-state index in [9.17, 15) is 8.42 Å². The largest absolute Gasteiger partial charge is 0.383 e. The summed E-state index contributed by atoms with van der Waals surface area (Å²) >= 11 is 0. The van der Waals surface area contributed by atoms with Crippen LogP contribution < -0.4 is 10.5 Å². The number of nitrogens with one attached hydrogen (secondary N) is 1. The van der Waals surface area contributed by atoms with Gasteiger partial charge in [0.2, 0.25) is 0 Å². The van der Waals surface area contributed by atoms with E-state index >= 15 is 0 Å². The van der Waals surface area contributed by atoms with E-state index in [2.05, 4.69) is 23.6 Å². The molecule has 6 heteroatoms. The Morgan fingerprint density at radius 2 is 1.80 bits per heavy atom. The van der Waals surface area contributed by atoms with Crippen LogP contribution in [0.4, 0.5) is 11.5 Å². The number of nitrogen functional groups attached to an aromatic ring is 1. The van der Waals surface area contributed by atoms with Crippen LogP contribution in [0.15, 0.2) is 47.5 Å². The van der Waals surface area contributed by atoms with Crippen molar-refractivity contribution in [3.8, 4) is 0 Å². The summed E-state index contributed by atoms with van der Waals surface area (Å²) in [6.07, 6.45) is 1.45. The minimum absolute atomic E-state index is 0.0150. The van der Waals surface area contributed by atoms with Crippen molar-refractivity contribution in [3.05, 3.63) is 48.2 Å². The van der Waals surface area contributed by atoms with Gasteiger partial charge in [0.1, 0.15) is 10.7 Å². The molecule has 106 valence electrons. The molecule has 3 N–H and O–H groups in total. The average Bonchev–Trinajstić information content (AvgIpc) is 2.39. The minimum atomic E-state index is -3.71. The predicted octanol–water partition coefficient (Wildman–Crippen LogP) is 2.59. The molecule has 2 aromatic rings. The Morgan fingerprint density at radius 1 is 1.15 bits per heavy atom. The highest BCUT2D eigenvalue weighted by Crippen LogP contribution is 2.21. The van der Waals surface area contributed by atoms with Crippen molar-refractivity contribution < 1.29 is 8.42 Å². The van der Waals surface area contributed by atoms with Crippen molar-refractivity contribution in [2.24, 2.45) is 0 Å². The van der Waals surface area contributed by atoms with E-state index < -0.39 is 10.0 Å². The Kier molecular flexibility index (Phi) is 3.94. The molecule has 0 atom stereocenters. The maximum absolute atomic E-state index is 12.2. The van der Waals surface area contributed by atoms with Gasteiger partial charge in [0.05, 0.1) is 0 Å². The fourth-order valence-corrected chi connectivity index (χ4v) is 2.92. The van der Waals surface area contributed by atoms with Crippen molar-refractivity contribution in [1.82, 2.24) is 4.98 Å². The second-order valence-corrected chi connectivity index (χ2v) is 6.42. The maximum atomic E-state index is 12.2. The van der Waals surface area contributed by atoms with Crippen LogP contribution in [0.3, 0.4) is 0 Å². The smallest absolute Gasteiger partial charge is 0.265 e. The van der Waals surface area contributed by atoms with Crippen molar-refractivity contribution in [2.75, 3.05) is 10.5 Å². The van der Waals surface area contributed by atoms with Gasteiger partial charge in [-0.25, -0.2) is 13.4 Å². The molecular weight excluding hydrogens is 274 g/mol. The first-order valence-electron chi connectivity index (χ1n) is 6.23. The summed E-state index contributed by atoms with van der Waals surface area (Å²) in [6, 6.07) is 10.2. The Labute approximate surface area is 118 Å². The molecule has 0 saturated carbocycles. The number of rotatable bonds is 4. The van der Waals surface area contributed by atoms with Crippen molar-refractivity contribution in [2.45, 2.75) is 24.7 Å². The lowest BCUT2D eigenvalue weighted by atomic mass is 10.0. The first-order chi connectivity index (χ1) is 9.40. The van der Waals surface area contributed by atoms with Crippen LogP contribution in [0.1, 0.15) is 25.3 Å². The molecule has 5 nitrogen and oxygen atoms in total. The molecule has 0 unspecified atom stereocenters. The zero-order chi connectivity index (χ0) is 14.8. The van der Waals surface area contributed by atoms with E-state index in [4.69, 9.17) is 5.73 Å². The van der Waals surface area contributed by atoms with E-state index in [-0.39, 0.29) is 10.7 Å². The van der Waals surface area contributed by atoms with Gasteiger partial charge in [0, 0.05) is 11.9 Å². The number of anilines is 2. The van der Waals surface area contributed by atoms with Crippen molar-refractivity contribution in [1.29, 1.82) is 0 Å². The van der Waals surface area contributed by atoms with Gasteiger partial charge in [-0.15, -0.1) is 0 Å². The molecule has 0 fully saturated rings. The van der Waals surface area contributed by atoms with Gasteiger partial charge in [-0.1, -0.05) is 26.0 Å². The predicted molar refractivity (Wildman–Crippen MR) is 80.0 cm³/mol. The average molecular weight is 291 g/mol. The second-order valence-electron chi connectivity index (χ2n) is 4.77. The van der Waals surface area contributed by atoms with Crippen molar-refractivity contribution in [3.63, 3.8) is 0 Å². The van der Waals surface area contributed by atoms with E-state index in [1.54, 1.807) is 12.1 Å². The van der Waals surface area contributed by atoms with Crippen LogP contribution in [-0.4, -0.2) is 13.4 Å². The normalized spacial score (nSPS) is 11.6. The Bertz CT molecular complexity index is 695. The molecule has 0 amide bonds. The molecule has 0 aliphatic carbocycles. The van der Waals surface area contributed by atoms with Crippen molar-refractivity contribution >= 4 is 21.5 Å². The van der Waals surface area contributed by atoms with Gasteiger partial charge in [0.15, 0.2) is 0 Å². The lowest BCUT2D eigenvalue weighted by Crippen LogP contribution is -2.15. The van der Waals surface area contributed by atoms with Gasteiger partial charge in [0.25, 0.3) is 10.0 Å². The SMILES string of the molecule is CC(C)c1ccc(NS(=O)(=O)c2cccnc2N)cc1. The van der Waals surface area contributed by atoms with Gasteiger partial charge in [-0.2, -0.15) is 0 Å². The van der Waals surface area contributed by atoms with E-state index in [1.807, 2.05) is 12.1 Å². The molecule has 0 bridgehead atoms. The van der Waals surface area contributed by atoms with Crippen LogP contribution in [0, 0.1) is 0 Å². The molecule has 1 heterocycles. The third kappa shape index (κ3) is 3.08. The van der Waals surface area contributed by atoms with Crippen LogP contribution in [-0.2, 0) is 10.0 Å².